The van der Waals surface area contributed by atoms with E-state index in [1.165, 1.54) is 32.3 Å². The normalized spacial score (nSPS) is 10.9. The van der Waals surface area contributed by atoms with E-state index in [-0.39, 0.29) is 47.1 Å². The second-order valence-corrected chi connectivity index (χ2v) is 11.4. The Bertz CT molecular complexity index is 1280. The molecule has 11 heteroatoms. The van der Waals surface area contributed by atoms with E-state index in [0.717, 1.165) is 81.3 Å². The fraction of sp³-hybridized carbons (Fsp3) is 0.450. The Morgan fingerprint density at radius 2 is 1.25 bits per heavy atom. The summed E-state index contributed by atoms with van der Waals surface area (Å²) in [7, 11) is 0. The monoisotopic (exact) mass is 760 g/mol. The predicted octanol–water partition coefficient (Wildman–Crippen LogP) is 8.79. The van der Waals surface area contributed by atoms with Crippen LogP contribution in [0.25, 0.3) is 0 Å². The summed E-state index contributed by atoms with van der Waals surface area (Å²) in [4.78, 5) is 20.4. The first-order valence-corrected chi connectivity index (χ1v) is 17.2. The predicted molar refractivity (Wildman–Crippen MR) is 197 cm³/mol. The fourth-order valence-electron chi connectivity index (χ4n) is 4.44. The number of unbranched alkanes of at least 4 members (excludes halogenated alkanes) is 8. The molecule has 10 nitrogen and oxygen atoms in total. The Hall–Kier alpha value is -4.18. The number of aliphatic hydroxyl groups excluding tert-OH is 2. The number of hydrogen-bond donors (Lipinski definition) is 2. The zero-order valence-electron chi connectivity index (χ0n) is 30.4. The van der Waals surface area contributed by atoms with Gasteiger partial charge in [-0.15, -0.1) is 12.1 Å². The van der Waals surface area contributed by atoms with E-state index in [0.29, 0.717) is 38.1 Å². The molecule has 0 fully saturated rings. The number of rotatable bonds is 26. The van der Waals surface area contributed by atoms with E-state index in [1.54, 1.807) is 19.1 Å². The number of hydrogen-bond acceptors (Lipinski definition) is 8. The summed E-state index contributed by atoms with van der Waals surface area (Å²) in [6, 6.07) is 14.6. The Balaban J connectivity index is 0.000000962. The number of carbonyl (C=O) groups is 1. The van der Waals surface area contributed by atoms with Gasteiger partial charge in [0.2, 0.25) is 6.79 Å². The minimum absolute atomic E-state index is 0. The molecule has 0 bridgehead atoms. The molecule has 0 amide bonds. The molecule has 0 aliphatic carbocycles. The van der Waals surface area contributed by atoms with Gasteiger partial charge in [0.05, 0.1) is 50.1 Å². The largest absolute Gasteiger partial charge is 0.546 e. The van der Waals surface area contributed by atoms with Crippen LogP contribution >= 0.6 is 0 Å². The number of ether oxygens (including phenoxy) is 5. The van der Waals surface area contributed by atoms with E-state index in [4.69, 9.17) is 33.2 Å². The number of ketones is 1. The summed E-state index contributed by atoms with van der Waals surface area (Å²) in [5.74, 6) is 1.62. The van der Waals surface area contributed by atoms with E-state index in [1.807, 2.05) is 36.4 Å². The summed E-state index contributed by atoms with van der Waals surface area (Å²) < 4.78 is 31.4. The van der Waals surface area contributed by atoms with Gasteiger partial charge in [0.1, 0.15) is 11.5 Å². The molecule has 51 heavy (non-hydrogen) atoms. The standard InChI is InChI=1S/2C20H28O5.Cu/c1-16(21)15-20(23-3)18-9-11-19(12-10-18)25-14-8-6-4-5-7-13-24-17(2)22;1-3-23-16-24-13-7-5-4-6-8-14-25-19-11-9-18(10-12-19)20(22)15-17(2)21;/h9-12,15,21H,3-8,13-14H2,1-2H3;3,9-12,15,21H,1,4-8,13-14,16H2,2H3;/p+1/b16-15-;17-15-;. The van der Waals surface area contributed by atoms with Gasteiger partial charge in [-0.25, -0.2) is 0 Å². The van der Waals surface area contributed by atoms with Crippen LogP contribution < -0.4 is 9.47 Å². The quantitative estimate of drug-likeness (QED) is 0.0112. The van der Waals surface area contributed by atoms with Gasteiger partial charge < -0.3 is 33.9 Å². The molecular weight excluding hydrogens is 704 g/mol. The Morgan fingerprint density at radius 3 is 1.73 bits per heavy atom. The van der Waals surface area contributed by atoms with Gasteiger partial charge in [-0.1, -0.05) is 57.2 Å². The third-order valence-electron chi connectivity index (χ3n) is 6.96. The number of allylic oxidation sites excluding steroid dienone is 3. The molecule has 1 radical (unpaired) electrons. The van der Waals surface area contributed by atoms with Crippen molar-refractivity contribution in [3.05, 3.63) is 102 Å². The average Bonchev–Trinajstić information content (AvgIpc) is 3.09. The van der Waals surface area contributed by atoms with Crippen LogP contribution in [0, 0.1) is 6.10 Å². The summed E-state index contributed by atoms with van der Waals surface area (Å²) in [5, 5.41) is 18.5. The van der Waals surface area contributed by atoms with Crippen molar-refractivity contribution in [3.8, 4) is 11.5 Å². The molecule has 0 saturated carbocycles. The molecule has 2 aromatic rings. The number of benzene rings is 2. The minimum Gasteiger partial charge on any atom is -0.546 e. The van der Waals surface area contributed by atoms with Gasteiger partial charge in [-0.2, -0.15) is 0 Å². The van der Waals surface area contributed by atoms with Gasteiger partial charge in [0.15, 0.2) is 6.79 Å². The van der Waals surface area contributed by atoms with Crippen LogP contribution in [0.4, 0.5) is 0 Å². The molecule has 0 heterocycles. The van der Waals surface area contributed by atoms with Crippen molar-refractivity contribution in [2.75, 3.05) is 33.2 Å². The Labute approximate surface area is 314 Å². The summed E-state index contributed by atoms with van der Waals surface area (Å²) in [6.07, 6.45) is 15.3. The van der Waals surface area contributed by atoms with Crippen LogP contribution in [0.2, 0.25) is 0 Å². The molecule has 0 spiro atoms. The van der Waals surface area contributed by atoms with Crippen molar-refractivity contribution in [1.29, 1.82) is 0 Å². The molecule has 0 aromatic heterocycles. The Kier molecular flexibility index (Phi) is 28.1. The third-order valence-corrected chi connectivity index (χ3v) is 6.96. The van der Waals surface area contributed by atoms with Crippen LogP contribution in [0.3, 0.4) is 0 Å². The first kappa shape index (κ1) is 46.8. The second-order valence-electron chi connectivity index (χ2n) is 11.4. The number of carbonyl (C=O) groups excluding carboxylic acids is 3. The van der Waals surface area contributed by atoms with Crippen LogP contribution in [0.5, 0.6) is 11.5 Å². The molecule has 287 valence electrons. The van der Waals surface area contributed by atoms with Crippen molar-refractivity contribution < 1.29 is 65.0 Å². The van der Waals surface area contributed by atoms with Crippen LogP contribution in [0.15, 0.2) is 85.0 Å². The van der Waals surface area contributed by atoms with Crippen molar-refractivity contribution in [2.45, 2.75) is 85.0 Å². The van der Waals surface area contributed by atoms with Crippen molar-refractivity contribution >= 4 is 18.5 Å². The number of aliphatic hydroxyl groups is 2. The smallest absolute Gasteiger partial charge is 0.350 e. The summed E-state index contributed by atoms with van der Waals surface area (Å²) in [5.41, 5.74) is 1.46. The zero-order chi connectivity index (χ0) is 36.8. The molecule has 2 rings (SSSR count). The van der Waals surface area contributed by atoms with Gasteiger partial charge in [0, 0.05) is 35.8 Å². The molecule has 0 unspecified atom stereocenters. The minimum atomic E-state index is -0.214. The average molecular weight is 761 g/mol. The molecule has 2 aromatic carbocycles. The summed E-state index contributed by atoms with van der Waals surface area (Å²) in [6.45, 7) is 14.2. The zero-order valence-corrected chi connectivity index (χ0v) is 31.3. The van der Waals surface area contributed by atoms with Crippen molar-refractivity contribution in [2.24, 2.45) is 0 Å². The molecule has 0 aliphatic rings. The third kappa shape index (κ3) is 25.4. The molecular formula is C40H57CuO10+. The van der Waals surface area contributed by atoms with Crippen molar-refractivity contribution in [1.82, 2.24) is 0 Å². The van der Waals surface area contributed by atoms with Crippen molar-refractivity contribution in [3.63, 3.8) is 0 Å². The first-order chi connectivity index (χ1) is 24.2. The topological polar surface area (TPSA) is 136 Å². The SMILES string of the molecule is C=COCOCCCCCCCOc1ccc(C(=[OH+])/C=C(/C)O)cc1.C=[O+][C-](/C=C(/C)O)c1ccc(OCCCCCCCOC(C)=O)cc1.[Cu]. The van der Waals surface area contributed by atoms with Gasteiger partial charge in [-0.3, -0.25) is 14.0 Å². The van der Waals surface area contributed by atoms with E-state index in [9.17, 15) is 14.7 Å². The van der Waals surface area contributed by atoms with E-state index in [2.05, 4.69) is 13.4 Å². The molecule has 0 atom stereocenters. The summed E-state index contributed by atoms with van der Waals surface area (Å²) >= 11 is 0. The van der Waals surface area contributed by atoms with Gasteiger partial charge in [0.25, 0.3) is 6.10 Å². The number of esters is 1. The fourth-order valence-corrected chi connectivity index (χ4v) is 4.44. The molecule has 0 aliphatic heterocycles. The molecule has 3 N–H and O–H groups in total. The maximum Gasteiger partial charge on any atom is 0.350 e. The maximum atomic E-state index is 10.6. The first-order valence-electron chi connectivity index (χ1n) is 17.2. The van der Waals surface area contributed by atoms with Crippen LogP contribution in [0.1, 0.15) is 96.1 Å². The van der Waals surface area contributed by atoms with Crippen LogP contribution in [-0.2, 0) is 40.5 Å². The van der Waals surface area contributed by atoms with E-state index < -0.39 is 0 Å². The van der Waals surface area contributed by atoms with E-state index >= 15 is 0 Å². The van der Waals surface area contributed by atoms with Crippen LogP contribution in [-0.4, -0.2) is 66.8 Å². The molecule has 0 saturated heterocycles. The maximum absolute atomic E-state index is 10.6. The Morgan fingerprint density at radius 1 is 0.765 bits per heavy atom. The van der Waals surface area contributed by atoms with Gasteiger partial charge >= 0.3 is 11.8 Å². The van der Waals surface area contributed by atoms with Gasteiger partial charge in [-0.05, 0) is 69.4 Å². The second kappa shape index (κ2) is 30.6.